The van der Waals surface area contributed by atoms with Crippen molar-refractivity contribution in [2.45, 2.75) is 64.9 Å². The van der Waals surface area contributed by atoms with Crippen LogP contribution in [0.15, 0.2) is 10.7 Å². The number of hydrogen-bond donors (Lipinski definition) is 0. The standard InChI is InChI=1S/C15H23BrN2O/c1-3-6-14-17-13(16)10-15(18-14)19-12-8-5-7-11(4-2)9-12/h10-12H,3-9H2,1-2H3. The van der Waals surface area contributed by atoms with Crippen LogP contribution < -0.4 is 4.74 Å². The first-order valence-corrected chi connectivity index (χ1v) is 8.20. The van der Waals surface area contributed by atoms with Gasteiger partial charge in [0.1, 0.15) is 16.5 Å². The fourth-order valence-corrected chi connectivity index (χ4v) is 3.13. The van der Waals surface area contributed by atoms with Gasteiger partial charge < -0.3 is 4.74 Å². The van der Waals surface area contributed by atoms with Crippen molar-refractivity contribution in [2.24, 2.45) is 5.92 Å². The molecule has 2 atom stereocenters. The van der Waals surface area contributed by atoms with Crippen LogP contribution in [0.4, 0.5) is 0 Å². The third-order valence-corrected chi connectivity index (χ3v) is 4.20. The van der Waals surface area contributed by atoms with Crippen LogP contribution in [-0.2, 0) is 6.42 Å². The van der Waals surface area contributed by atoms with Crippen molar-refractivity contribution in [2.75, 3.05) is 0 Å². The summed E-state index contributed by atoms with van der Waals surface area (Å²) < 4.78 is 6.90. The first-order valence-electron chi connectivity index (χ1n) is 7.41. The summed E-state index contributed by atoms with van der Waals surface area (Å²) >= 11 is 3.44. The third-order valence-electron chi connectivity index (χ3n) is 3.79. The highest BCUT2D eigenvalue weighted by Gasteiger charge is 2.22. The van der Waals surface area contributed by atoms with Crippen LogP contribution in [0.25, 0.3) is 0 Å². The Balaban J connectivity index is 2.01. The SMILES string of the molecule is CCCc1nc(Br)cc(OC2CCCC(CC)C2)n1. The maximum absolute atomic E-state index is 6.07. The minimum atomic E-state index is 0.329. The van der Waals surface area contributed by atoms with Crippen molar-refractivity contribution in [3.05, 3.63) is 16.5 Å². The molecule has 4 heteroatoms. The topological polar surface area (TPSA) is 35.0 Å². The first kappa shape index (κ1) is 14.8. The second-order valence-electron chi connectivity index (χ2n) is 5.38. The summed E-state index contributed by atoms with van der Waals surface area (Å²) in [5, 5.41) is 0. The zero-order chi connectivity index (χ0) is 13.7. The minimum absolute atomic E-state index is 0.329. The summed E-state index contributed by atoms with van der Waals surface area (Å²) in [5.41, 5.74) is 0. The van der Waals surface area contributed by atoms with E-state index < -0.39 is 0 Å². The molecule has 3 nitrogen and oxygen atoms in total. The molecule has 0 amide bonds. The first-order chi connectivity index (χ1) is 9.21. The van der Waals surface area contributed by atoms with E-state index in [4.69, 9.17) is 4.74 Å². The quantitative estimate of drug-likeness (QED) is 0.745. The molecular weight excluding hydrogens is 304 g/mol. The molecular formula is C15H23BrN2O. The summed E-state index contributed by atoms with van der Waals surface area (Å²) in [7, 11) is 0. The average molecular weight is 327 g/mol. The van der Waals surface area contributed by atoms with E-state index in [0.717, 1.165) is 41.5 Å². The molecule has 0 radical (unpaired) electrons. The van der Waals surface area contributed by atoms with Gasteiger partial charge in [-0.3, -0.25) is 0 Å². The van der Waals surface area contributed by atoms with E-state index in [9.17, 15) is 0 Å². The summed E-state index contributed by atoms with van der Waals surface area (Å²) in [6.07, 6.45) is 8.49. The lowest BCUT2D eigenvalue weighted by molar-refractivity contribution is 0.116. The van der Waals surface area contributed by atoms with Crippen molar-refractivity contribution in [1.82, 2.24) is 9.97 Å². The Morgan fingerprint density at radius 1 is 1.32 bits per heavy atom. The van der Waals surface area contributed by atoms with Gasteiger partial charge in [0, 0.05) is 12.5 Å². The molecule has 0 aliphatic heterocycles. The van der Waals surface area contributed by atoms with Gasteiger partial charge in [-0.05, 0) is 47.5 Å². The predicted molar refractivity (Wildman–Crippen MR) is 80.4 cm³/mol. The Hall–Kier alpha value is -0.640. The molecule has 2 rings (SSSR count). The van der Waals surface area contributed by atoms with Crippen molar-refractivity contribution in [3.8, 4) is 5.88 Å². The van der Waals surface area contributed by atoms with Crippen molar-refractivity contribution in [1.29, 1.82) is 0 Å². The van der Waals surface area contributed by atoms with Crippen LogP contribution in [0, 0.1) is 5.92 Å². The van der Waals surface area contributed by atoms with Gasteiger partial charge in [0.05, 0.1) is 0 Å². The minimum Gasteiger partial charge on any atom is -0.474 e. The molecule has 0 saturated heterocycles. The predicted octanol–water partition coefficient (Wildman–Crippen LogP) is 4.54. The number of aromatic nitrogens is 2. The summed E-state index contributed by atoms with van der Waals surface area (Å²) in [6, 6.07) is 1.88. The van der Waals surface area contributed by atoms with Crippen molar-refractivity contribution < 1.29 is 4.74 Å². The van der Waals surface area contributed by atoms with Gasteiger partial charge in [0.15, 0.2) is 0 Å². The van der Waals surface area contributed by atoms with Crippen LogP contribution in [0.3, 0.4) is 0 Å². The molecule has 0 spiro atoms. The number of rotatable bonds is 5. The van der Waals surface area contributed by atoms with E-state index in [1.54, 1.807) is 0 Å². The molecule has 0 aromatic carbocycles. The second-order valence-corrected chi connectivity index (χ2v) is 6.19. The molecule has 1 fully saturated rings. The van der Waals surface area contributed by atoms with E-state index in [-0.39, 0.29) is 0 Å². The average Bonchev–Trinajstić information content (AvgIpc) is 2.38. The van der Waals surface area contributed by atoms with Gasteiger partial charge in [-0.2, -0.15) is 4.98 Å². The fourth-order valence-electron chi connectivity index (χ4n) is 2.73. The van der Waals surface area contributed by atoms with Gasteiger partial charge in [0.2, 0.25) is 5.88 Å². The van der Waals surface area contributed by atoms with Crippen LogP contribution >= 0.6 is 15.9 Å². The Kier molecular flexibility index (Phi) is 5.61. The van der Waals surface area contributed by atoms with E-state index in [1.165, 1.54) is 25.7 Å². The van der Waals surface area contributed by atoms with E-state index in [0.29, 0.717) is 6.10 Å². The number of nitrogens with zero attached hydrogens (tertiary/aromatic N) is 2. The fraction of sp³-hybridized carbons (Fsp3) is 0.733. The Labute approximate surface area is 124 Å². The lowest BCUT2D eigenvalue weighted by Crippen LogP contribution is -2.25. The van der Waals surface area contributed by atoms with Gasteiger partial charge in [-0.1, -0.05) is 26.7 Å². The smallest absolute Gasteiger partial charge is 0.217 e. The molecule has 1 aromatic heterocycles. The van der Waals surface area contributed by atoms with E-state index in [1.807, 2.05) is 6.07 Å². The lowest BCUT2D eigenvalue weighted by Gasteiger charge is -2.28. The Bertz CT molecular complexity index is 411. The highest BCUT2D eigenvalue weighted by molar-refractivity contribution is 9.10. The zero-order valence-electron chi connectivity index (χ0n) is 11.9. The second kappa shape index (κ2) is 7.22. The van der Waals surface area contributed by atoms with Crippen LogP contribution in [-0.4, -0.2) is 16.1 Å². The van der Waals surface area contributed by atoms with Crippen LogP contribution in [0.1, 0.15) is 58.2 Å². The highest BCUT2D eigenvalue weighted by atomic mass is 79.9. The molecule has 1 aliphatic rings. The number of ether oxygens (including phenoxy) is 1. The van der Waals surface area contributed by atoms with Crippen LogP contribution in [0.2, 0.25) is 0 Å². The monoisotopic (exact) mass is 326 g/mol. The Morgan fingerprint density at radius 3 is 2.89 bits per heavy atom. The van der Waals surface area contributed by atoms with Gasteiger partial charge in [-0.25, -0.2) is 4.98 Å². The van der Waals surface area contributed by atoms with Crippen molar-refractivity contribution in [3.63, 3.8) is 0 Å². The molecule has 0 bridgehead atoms. The molecule has 106 valence electrons. The lowest BCUT2D eigenvalue weighted by atomic mass is 9.85. The Morgan fingerprint density at radius 2 is 2.16 bits per heavy atom. The molecule has 1 aliphatic carbocycles. The van der Waals surface area contributed by atoms with E-state index in [2.05, 4.69) is 39.7 Å². The largest absolute Gasteiger partial charge is 0.474 e. The number of hydrogen-bond acceptors (Lipinski definition) is 3. The third kappa shape index (κ3) is 4.44. The molecule has 1 heterocycles. The van der Waals surface area contributed by atoms with Crippen molar-refractivity contribution >= 4 is 15.9 Å². The molecule has 1 saturated carbocycles. The molecule has 2 unspecified atom stereocenters. The molecule has 0 N–H and O–H groups in total. The van der Waals surface area contributed by atoms with Gasteiger partial charge >= 0.3 is 0 Å². The van der Waals surface area contributed by atoms with Crippen LogP contribution in [0.5, 0.6) is 5.88 Å². The summed E-state index contributed by atoms with van der Waals surface area (Å²) in [4.78, 5) is 8.88. The zero-order valence-corrected chi connectivity index (χ0v) is 13.4. The normalized spacial score (nSPS) is 23.3. The maximum Gasteiger partial charge on any atom is 0.217 e. The maximum atomic E-state index is 6.07. The molecule has 19 heavy (non-hydrogen) atoms. The van der Waals surface area contributed by atoms with Gasteiger partial charge in [0.25, 0.3) is 0 Å². The number of halogens is 1. The molecule has 1 aromatic rings. The van der Waals surface area contributed by atoms with Gasteiger partial charge in [-0.15, -0.1) is 0 Å². The number of aryl methyl sites for hydroxylation is 1. The summed E-state index contributed by atoms with van der Waals surface area (Å²) in [5.74, 6) is 2.42. The summed E-state index contributed by atoms with van der Waals surface area (Å²) in [6.45, 7) is 4.41. The van der Waals surface area contributed by atoms with E-state index >= 15 is 0 Å². The highest BCUT2D eigenvalue weighted by Crippen LogP contribution is 2.29.